The molecule has 6 rings (SSSR count). The van der Waals surface area contributed by atoms with Crippen molar-refractivity contribution in [2.24, 2.45) is 11.3 Å². The fourth-order valence-corrected chi connectivity index (χ4v) is 8.02. The lowest BCUT2D eigenvalue weighted by Crippen LogP contribution is -2.58. The van der Waals surface area contributed by atoms with E-state index in [0.717, 1.165) is 23.6 Å². The standard InChI is InChI=1S/C36H47N5O8S/c1-35(2,3)22-48-34(45)38-28-14-8-6-4-5-7-12-24-20-36(24,33(44)40-50(46,47)26-15-16-26)39-30(42)29-19-25(21-41(29)32(28)43)49-31-27-13-10-9-11-23(27)17-18-37-31/h7,9-13,17-18,24-26,28-29H,4-6,8,14-16,19-22H2,1-3H3,(H,38,45)(H,39,42)(H,40,44). The Morgan fingerprint density at radius 2 is 1.86 bits per heavy atom. The van der Waals surface area contributed by atoms with Gasteiger partial charge in [0.2, 0.25) is 27.7 Å². The molecule has 0 spiro atoms. The van der Waals surface area contributed by atoms with Gasteiger partial charge in [0.1, 0.15) is 23.7 Å². The molecular formula is C36H47N5O8S. The number of carbonyl (C=O) groups is 4. The monoisotopic (exact) mass is 709 g/mol. The van der Waals surface area contributed by atoms with Gasteiger partial charge in [-0.3, -0.25) is 19.1 Å². The second kappa shape index (κ2) is 14.2. The lowest BCUT2D eigenvalue weighted by Gasteiger charge is -2.30. The average Bonchev–Trinajstić information content (AvgIpc) is 3.99. The molecule has 270 valence electrons. The van der Waals surface area contributed by atoms with Gasteiger partial charge in [0.25, 0.3) is 5.91 Å². The zero-order chi connectivity index (χ0) is 35.7. The van der Waals surface area contributed by atoms with Gasteiger partial charge >= 0.3 is 6.09 Å². The van der Waals surface area contributed by atoms with Gasteiger partial charge in [0.05, 0.1) is 18.4 Å². The van der Waals surface area contributed by atoms with Crippen LogP contribution in [0.15, 0.2) is 48.7 Å². The molecule has 2 aliphatic carbocycles. The number of rotatable bonds is 7. The number of sulfonamides is 1. The number of ether oxygens (including phenoxy) is 2. The van der Waals surface area contributed by atoms with E-state index < -0.39 is 68.7 Å². The Morgan fingerprint density at radius 1 is 1.08 bits per heavy atom. The number of hydrogen-bond donors (Lipinski definition) is 3. The Bertz CT molecular complexity index is 1770. The number of benzene rings is 1. The number of carbonyl (C=O) groups excluding carboxylic acids is 4. The number of allylic oxidation sites excluding steroid dienone is 1. The van der Waals surface area contributed by atoms with Crippen LogP contribution in [0.1, 0.15) is 78.6 Å². The fourth-order valence-electron chi connectivity index (χ4n) is 6.66. The van der Waals surface area contributed by atoms with E-state index in [-0.39, 0.29) is 31.4 Å². The van der Waals surface area contributed by atoms with Crippen LogP contribution in [0.5, 0.6) is 5.88 Å². The highest BCUT2D eigenvalue weighted by atomic mass is 32.2. The van der Waals surface area contributed by atoms with E-state index >= 15 is 0 Å². The molecule has 4 aliphatic rings. The molecule has 0 radical (unpaired) electrons. The Kier molecular flexibility index (Phi) is 10.1. The van der Waals surface area contributed by atoms with Crippen molar-refractivity contribution in [3.63, 3.8) is 0 Å². The van der Waals surface area contributed by atoms with Gasteiger partial charge < -0.3 is 25.0 Å². The van der Waals surface area contributed by atoms with E-state index in [1.165, 1.54) is 4.90 Å². The van der Waals surface area contributed by atoms with Crippen molar-refractivity contribution in [3.8, 4) is 5.88 Å². The van der Waals surface area contributed by atoms with Gasteiger partial charge in [-0.15, -0.1) is 0 Å². The first kappa shape index (κ1) is 35.6. The van der Waals surface area contributed by atoms with Crippen LogP contribution in [-0.4, -0.2) is 84.2 Å². The lowest BCUT2D eigenvalue weighted by molar-refractivity contribution is -0.141. The zero-order valence-electron chi connectivity index (χ0n) is 28.9. The van der Waals surface area contributed by atoms with Crippen molar-refractivity contribution >= 4 is 44.6 Å². The van der Waals surface area contributed by atoms with E-state index in [2.05, 4.69) is 20.3 Å². The molecule has 50 heavy (non-hydrogen) atoms. The molecule has 14 heteroatoms. The Balaban J connectivity index is 1.29. The summed E-state index contributed by atoms with van der Waals surface area (Å²) in [5.74, 6) is -1.89. The Labute approximate surface area is 293 Å². The maximum absolute atomic E-state index is 14.4. The number of aromatic nitrogens is 1. The first-order valence-corrected chi connectivity index (χ1v) is 19.1. The third-order valence-electron chi connectivity index (χ3n) is 9.69. The maximum atomic E-state index is 14.4. The molecule has 1 aromatic heterocycles. The number of nitrogens with one attached hydrogen (secondary N) is 3. The molecule has 1 aromatic carbocycles. The van der Waals surface area contributed by atoms with Crippen LogP contribution >= 0.6 is 0 Å². The molecule has 13 nitrogen and oxygen atoms in total. The summed E-state index contributed by atoms with van der Waals surface area (Å²) in [7, 11) is -3.87. The summed E-state index contributed by atoms with van der Waals surface area (Å²) in [6, 6.07) is 7.41. The highest BCUT2D eigenvalue weighted by Crippen LogP contribution is 2.46. The van der Waals surface area contributed by atoms with Crippen LogP contribution < -0.4 is 20.1 Å². The van der Waals surface area contributed by atoms with Crippen LogP contribution in [0.3, 0.4) is 0 Å². The number of fused-ring (bicyclic) bond motifs is 3. The van der Waals surface area contributed by atoms with Gasteiger partial charge in [-0.1, -0.05) is 64.0 Å². The second-order valence-corrected chi connectivity index (χ2v) is 17.1. The van der Waals surface area contributed by atoms with Gasteiger partial charge in [0, 0.05) is 23.9 Å². The molecule has 1 saturated heterocycles. The average molecular weight is 710 g/mol. The molecule has 5 atom stereocenters. The minimum atomic E-state index is -3.87. The zero-order valence-corrected chi connectivity index (χ0v) is 29.7. The minimum Gasteiger partial charge on any atom is -0.472 e. The van der Waals surface area contributed by atoms with E-state index in [1.807, 2.05) is 63.3 Å². The summed E-state index contributed by atoms with van der Waals surface area (Å²) in [6.45, 7) is 5.97. The molecule has 2 aliphatic heterocycles. The summed E-state index contributed by atoms with van der Waals surface area (Å²) in [5, 5.41) is 6.70. The van der Waals surface area contributed by atoms with Crippen molar-refractivity contribution in [3.05, 3.63) is 48.7 Å². The third-order valence-corrected chi connectivity index (χ3v) is 11.5. The van der Waals surface area contributed by atoms with E-state index in [4.69, 9.17) is 9.47 Å². The highest BCUT2D eigenvalue weighted by molar-refractivity contribution is 7.91. The molecule has 2 saturated carbocycles. The molecule has 3 N–H and O–H groups in total. The van der Waals surface area contributed by atoms with Gasteiger partial charge in [-0.2, -0.15) is 0 Å². The van der Waals surface area contributed by atoms with Crippen molar-refractivity contribution in [2.75, 3.05) is 13.2 Å². The smallest absolute Gasteiger partial charge is 0.407 e. The van der Waals surface area contributed by atoms with E-state index in [1.54, 1.807) is 6.20 Å². The Morgan fingerprint density at radius 3 is 2.62 bits per heavy atom. The second-order valence-electron chi connectivity index (χ2n) is 15.2. The topological polar surface area (TPSA) is 173 Å². The SMILES string of the molecule is CC(C)(C)COC(=O)NC1CCCCCC=CC2CC2(C(=O)NS(=O)(=O)C2CC2)NC(=O)C2CC(Oc3nccc4ccccc34)CN2C1=O. The number of alkyl carbamates (subject to hydrolysis) is 1. The summed E-state index contributed by atoms with van der Waals surface area (Å²) in [6.07, 6.45) is 8.64. The van der Waals surface area contributed by atoms with Crippen molar-refractivity contribution < 1.29 is 37.1 Å². The first-order chi connectivity index (χ1) is 23.8. The Hall–Kier alpha value is -4.20. The van der Waals surface area contributed by atoms with Gasteiger partial charge in [-0.25, -0.2) is 18.2 Å². The van der Waals surface area contributed by atoms with Crippen molar-refractivity contribution in [1.29, 1.82) is 0 Å². The molecular weight excluding hydrogens is 662 g/mol. The van der Waals surface area contributed by atoms with Gasteiger partial charge in [0.15, 0.2) is 0 Å². The summed E-state index contributed by atoms with van der Waals surface area (Å²) < 4.78 is 39.6. The number of hydrogen-bond acceptors (Lipinski definition) is 9. The third kappa shape index (κ3) is 8.22. The number of nitrogens with zero attached hydrogens (tertiary/aromatic N) is 2. The van der Waals surface area contributed by atoms with E-state index in [0.29, 0.717) is 38.0 Å². The van der Waals surface area contributed by atoms with Crippen LogP contribution in [0.25, 0.3) is 10.8 Å². The van der Waals surface area contributed by atoms with Gasteiger partial charge in [-0.05, 0) is 61.5 Å². The predicted molar refractivity (Wildman–Crippen MR) is 185 cm³/mol. The molecule has 0 bridgehead atoms. The maximum Gasteiger partial charge on any atom is 0.407 e. The minimum absolute atomic E-state index is 0.0234. The molecule has 5 unspecified atom stereocenters. The quantitative estimate of drug-likeness (QED) is 0.362. The normalized spacial score (nSPS) is 27.6. The fraction of sp³-hybridized carbons (Fsp3) is 0.583. The van der Waals surface area contributed by atoms with Crippen molar-refractivity contribution in [2.45, 2.75) is 108 Å². The van der Waals surface area contributed by atoms with Crippen molar-refractivity contribution in [1.82, 2.24) is 25.2 Å². The highest BCUT2D eigenvalue weighted by Gasteiger charge is 2.62. The summed E-state index contributed by atoms with van der Waals surface area (Å²) in [5.41, 5.74) is -1.76. The van der Waals surface area contributed by atoms with Crippen LogP contribution in [0.4, 0.5) is 4.79 Å². The number of pyridine rings is 1. The van der Waals surface area contributed by atoms with Crippen LogP contribution in [0.2, 0.25) is 0 Å². The lowest BCUT2D eigenvalue weighted by atomic mass is 9.99. The molecule has 4 amide bonds. The number of amides is 4. The largest absolute Gasteiger partial charge is 0.472 e. The predicted octanol–water partition coefficient (Wildman–Crippen LogP) is 3.73. The summed E-state index contributed by atoms with van der Waals surface area (Å²) in [4.78, 5) is 61.0. The molecule has 2 aromatic rings. The summed E-state index contributed by atoms with van der Waals surface area (Å²) >= 11 is 0. The van der Waals surface area contributed by atoms with Crippen LogP contribution in [-0.2, 0) is 29.1 Å². The molecule has 3 fully saturated rings. The first-order valence-electron chi connectivity index (χ1n) is 17.5. The van der Waals surface area contributed by atoms with Crippen LogP contribution in [0, 0.1) is 11.3 Å². The molecule has 3 heterocycles. The van der Waals surface area contributed by atoms with E-state index in [9.17, 15) is 27.6 Å².